The Bertz CT molecular complexity index is 797. The molecule has 0 aromatic carbocycles. The van der Waals surface area contributed by atoms with Crippen LogP contribution in [0.4, 0.5) is 5.82 Å². The van der Waals surface area contributed by atoms with Crippen molar-refractivity contribution in [3.8, 4) is 17.5 Å². The largest absolute Gasteiger partial charge is 0.461 e. The maximum absolute atomic E-state index is 9.87. The molecule has 5 nitrogen and oxygen atoms in total. The number of ether oxygens (including phenoxy) is 1. The van der Waals surface area contributed by atoms with Gasteiger partial charge in [-0.1, -0.05) is 0 Å². The number of aromatic amines is 1. The first kappa shape index (κ1) is 15.2. The molecule has 2 aliphatic rings. The van der Waals surface area contributed by atoms with Crippen molar-refractivity contribution in [2.75, 3.05) is 18.0 Å². The smallest absolute Gasteiger partial charge is 0.293 e. The predicted molar refractivity (Wildman–Crippen MR) is 89.4 cm³/mol. The van der Waals surface area contributed by atoms with Gasteiger partial charge in [0.05, 0.1) is 31.6 Å². The summed E-state index contributed by atoms with van der Waals surface area (Å²) >= 11 is 0. The van der Waals surface area contributed by atoms with Crippen molar-refractivity contribution in [1.82, 2.24) is 0 Å². The number of furan rings is 1. The van der Waals surface area contributed by atoms with Crippen LogP contribution in [0, 0.1) is 11.3 Å². The molecule has 24 heavy (non-hydrogen) atoms. The Balaban J connectivity index is 1.95. The van der Waals surface area contributed by atoms with Crippen LogP contribution in [-0.4, -0.2) is 18.7 Å². The minimum atomic E-state index is -0.261. The molecule has 0 atom stereocenters. The van der Waals surface area contributed by atoms with Gasteiger partial charge in [0.25, 0.3) is 5.82 Å². The molecular weight excluding hydrogens is 302 g/mol. The fourth-order valence-corrected chi connectivity index (χ4v) is 3.73. The summed E-state index contributed by atoms with van der Waals surface area (Å²) in [5, 5.41) is 9.87. The fourth-order valence-electron chi connectivity index (χ4n) is 3.73. The van der Waals surface area contributed by atoms with Crippen molar-refractivity contribution in [3.63, 3.8) is 0 Å². The van der Waals surface area contributed by atoms with E-state index in [0.717, 1.165) is 53.5 Å². The third-order valence-electron chi connectivity index (χ3n) is 4.96. The quantitative estimate of drug-likeness (QED) is 0.851. The molecule has 2 aromatic rings. The SMILES string of the molecule is CC1(C)Cc2c(C#N)c(N3CCCC3)[nH+]c(-c3ccco3)c2CO1. The van der Waals surface area contributed by atoms with Crippen molar-refractivity contribution in [3.05, 3.63) is 35.1 Å². The summed E-state index contributed by atoms with van der Waals surface area (Å²) in [6, 6.07) is 6.29. The highest BCUT2D eigenvalue weighted by Crippen LogP contribution is 2.37. The van der Waals surface area contributed by atoms with Gasteiger partial charge in [-0.15, -0.1) is 0 Å². The van der Waals surface area contributed by atoms with Gasteiger partial charge in [-0.3, -0.25) is 4.90 Å². The number of fused-ring (bicyclic) bond motifs is 1. The number of hydrogen-bond acceptors (Lipinski definition) is 4. The summed E-state index contributed by atoms with van der Waals surface area (Å²) in [5.41, 5.74) is 3.58. The van der Waals surface area contributed by atoms with Gasteiger partial charge in [0, 0.05) is 12.0 Å². The molecular formula is C19H22N3O2+. The molecule has 2 aliphatic heterocycles. The summed E-state index contributed by atoms with van der Waals surface area (Å²) in [6.07, 6.45) is 4.74. The zero-order chi connectivity index (χ0) is 16.7. The second kappa shape index (κ2) is 5.64. The maximum atomic E-state index is 9.87. The Labute approximate surface area is 141 Å². The molecule has 0 bridgehead atoms. The Kier molecular flexibility index (Phi) is 3.58. The van der Waals surface area contributed by atoms with E-state index in [1.807, 2.05) is 12.1 Å². The number of pyridine rings is 1. The highest BCUT2D eigenvalue weighted by Gasteiger charge is 2.36. The number of H-pyrrole nitrogens is 1. The van der Waals surface area contributed by atoms with Crippen LogP contribution in [0.1, 0.15) is 43.4 Å². The molecule has 4 heterocycles. The van der Waals surface area contributed by atoms with Gasteiger partial charge in [0.2, 0.25) is 0 Å². The van der Waals surface area contributed by atoms with Gasteiger partial charge in [0.15, 0.2) is 11.5 Å². The third-order valence-corrected chi connectivity index (χ3v) is 4.96. The Morgan fingerprint density at radius 1 is 1.25 bits per heavy atom. The van der Waals surface area contributed by atoms with E-state index in [0.29, 0.717) is 6.61 Å². The number of anilines is 1. The predicted octanol–water partition coefficient (Wildman–Crippen LogP) is 3.08. The third kappa shape index (κ3) is 2.47. The van der Waals surface area contributed by atoms with Crippen LogP contribution in [-0.2, 0) is 17.8 Å². The van der Waals surface area contributed by atoms with E-state index in [9.17, 15) is 5.26 Å². The first-order valence-corrected chi connectivity index (χ1v) is 8.53. The lowest BCUT2D eigenvalue weighted by atomic mass is 9.87. The fraction of sp³-hybridized carbons (Fsp3) is 0.474. The van der Waals surface area contributed by atoms with Crippen LogP contribution >= 0.6 is 0 Å². The minimum absolute atomic E-state index is 0.261. The monoisotopic (exact) mass is 324 g/mol. The Morgan fingerprint density at radius 2 is 2.04 bits per heavy atom. The van der Waals surface area contributed by atoms with Crippen LogP contribution in [0.2, 0.25) is 0 Å². The minimum Gasteiger partial charge on any atom is -0.461 e. The van der Waals surface area contributed by atoms with E-state index >= 15 is 0 Å². The second-order valence-electron chi connectivity index (χ2n) is 7.19. The van der Waals surface area contributed by atoms with Gasteiger partial charge < -0.3 is 9.15 Å². The number of nitrogens with zero attached hydrogens (tertiary/aromatic N) is 2. The van der Waals surface area contributed by atoms with Crippen LogP contribution in [0.15, 0.2) is 22.8 Å². The van der Waals surface area contributed by atoms with Gasteiger partial charge >= 0.3 is 0 Å². The number of nitriles is 1. The average molecular weight is 324 g/mol. The van der Waals surface area contributed by atoms with Crippen molar-refractivity contribution in [1.29, 1.82) is 5.26 Å². The lowest BCUT2D eigenvalue weighted by Gasteiger charge is -2.33. The van der Waals surface area contributed by atoms with Crippen molar-refractivity contribution in [2.45, 2.75) is 45.3 Å². The zero-order valence-electron chi connectivity index (χ0n) is 14.2. The topological polar surface area (TPSA) is 63.5 Å². The number of rotatable bonds is 2. The van der Waals surface area contributed by atoms with Gasteiger partial charge in [-0.2, -0.15) is 5.26 Å². The van der Waals surface area contributed by atoms with E-state index < -0.39 is 0 Å². The molecule has 1 fully saturated rings. The van der Waals surface area contributed by atoms with E-state index in [1.165, 1.54) is 12.8 Å². The van der Waals surface area contributed by atoms with Crippen molar-refractivity contribution in [2.24, 2.45) is 0 Å². The Morgan fingerprint density at radius 3 is 2.71 bits per heavy atom. The lowest BCUT2D eigenvalue weighted by Crippen LogP contribution is -2.37. The standard InChI is InChI=1S/C19H21N3O2/c1-19(2)10-13-14(11-20)18(22-7-3-4-8-22)21-17(15(13)12-24-19)16-6-5-9-23-16/h5-6,9H,3-4,7-8,10,12H2,1-2H3/p+1. The molecule has 2 aromatic heterocycles. The molecule has 0 radical (unpaired) electrons. The highest BCUT2D eigenvalue weighted by atomic mass is 16.5. The summed E-state index contributed by atoms with van der Waals surface area (Å²) < 4.78 is 11.7. The zero-order valence-corrected chi connectivity index (χ0v) is 14.2. The Hall–Kier alpha value is -2.32. The van der Waals surface area contributed by atoms with E-state index in [-0.39, 0.29) is 5.60 Å². The lowest BCUT2D eigenvalue weighted by molar-refractivity contribution is -0.353. The molecule has 1 N–H and O–H groups in total. The average Bonchev–Trinajstić information content (AvgIpc) is 3.25. The van der Waals surface area contributed by atoms with Crippen LogP contribution in [0.3, 0.4) is 0 Å². The normalized spacial score (nSPS) is 19.1. The van der Waals surface area contributed by atoms with Gasteiger partial charge in [-0.25, -0.2) is 4.98 Å². The molecule has 124 valence electrons. The molecule has 0 amide bonds. The van der Waals surface area contributed by atoms with Crippen LogP contribution in [0.25, 0.3) is 11.5 Å². The molecule has 4 rings (SSSR count). The molecule has 0 saturated carbocycles. The van der Waals surface area contributed by atoms with E-state index in [1.54, 1.807) is 6.26 Å². The van der Waals surface area contributed by atoms with Gasteiger partial charge in [-0.05, 0) is 44.4 Å². The number of nitrogens with one attached hydrogen (secondary N) is 1. The number of aromatic nitrogens is 1. The van der Waals surface area contributed by atoms with E-state index in [2.05, 4.69) is 29.8 Å². The van der Waals surface area contributed by atoms with Crippen LogP contribution in [0.5, 0.6) is 0 Å². The van der Waals surface area contributed by atoms with Gasteiger partial charge in [0.1, 0.15) is 11.6 Å². The first-order valence-electron chi connectivity index (χ1n) is 8.53. The molecule has 1 saturated heterocycles. The summed E-state index contributed by atoms with van der Waals surface area (Å²) in [4.78, 5) is 5.78. The molecule has 0 unspecified atom stereocenters. The van der Waals surface area contributed by atoms with Crippen molar-refractivity contribution >= 4 is 5.82 Å². The number of hydrogen-bond donors (Lipinski definition) is 0. The van der Waals surface area contributed by atoms with Crippen LogP contribution < -0.4 is 9.88 Å². The highest BCUT2D eigenvalue weighted by molar-refractivity contribution is 5.65. The maximum Gasteiger partial charge on any atom is 0.293 e. The van der Waals surface area contributed by atoms with E-state index in [4.69, 9.17) is 9.15 Å². The first-order chi connectivity index (χ1) is 11.6. The second-order valence-corrected chi connectivity index (χ2v) is 7.19. The summed E-state index contributed by atoms with van der Waals surface area (Å²) in [7, 11) is 0. The molecule has 0 spiro atoms. The molecule has 0 aliphatic carbocycles. The van der Waals surface area contributed by atoms with Crippen molar-refractivity contribution < 1.29 is 14.1 Å². The molecule has 5 heteroatoms. The summed E-state index contributed by atoms with van der Waals surface area (Å²) in [5.74, 6) is 1.72. The summed E-state index contributed by atoms with van der Waals surface area (Å²) in [6.45, 7) is 6.62.